The average molecular weight is 449 g/mol. The van der Waals surface area contributed by atoms with Crippen molar-refractivity contribution in [1.29, 1.82) is 0 Å². The lowest BCUT2D eigenvalue weighted by Crippen LogP contribution is -2.47. The number of ether oxygens (including phenoxy) is 1. The summed E-state index contributed by atoms with van der Waals surface area (Å²) < 4.78 is 5.63. The number of benzene rings is 2. The minimum Gasteiger partial charge on any atom is -0.496 e. The van der Waals surface area contributed by atoms with Crippen molar-refractivity contribution in [1.82, 2.24) is 0 Å². The summed E-state index contributed by atoms with van der Waals surface area (Å²) in [6, 6.07) is 14.0. The van der Waals surface area contributed by atoms with Crippen molar-refractivity contribution in [2.45, 2.75) is 45.6 Å². The van der Waals surface area contributed by atoms with Gasteiger partial charge in [-0.1, -0.05) is 44.2 Å². The fraction of sp³-hybridized carbons (Fsp3) is 0.385. The van der Waals surface area contributed by atoms with Gasteiger partial charge in [-0.2, -0.15) is 0 Å². The number of hydrogen-bond donors (Lipinski definition) is 1. The first-order chi connectivity index (χ1) is 15.7. The number of ketones is 1. The number of hydrogen-bond acceptors (Lipinski definition) is 5. The summed E-state index contributed by atoms with van der Waals surface area (Å²) in [4.78, 5) is 44.9. The van der Waals surface area contributed by atoms with Gasteiger partial charge in [-0.25, -0.2) is 0 Å². The molecule has 2 atom stereocenters. The molecule has 1 aliphatic heterocycles. The van der Waals surface area contributed by atoms with E-state index in [-0.39, 0.29) is 29.9 Å². The van der Waals surface area contributed by atoms with Gasteiger partial charge in [0.2, 0.25) is 5.91 Å². The lowest BCUT2D eigenvalue weighted by molar-refractivity contribution is -0.138. The molecule has 7 heteroatoms. The molecule has 1 saturated carbocycles. The van der Waals surface area contributed by atoms with Gasteiger partial charge in [0.05, 0.1) is 36.9 Å². The van der Waals surface area contributed by atoms with Crippen LogP contribution in [0.5, 0.6) is 5.75 Å². The molecule has 2 aliphatic rings. The van der Waals surface area contributed by atoms with Crippen molar-refractivity contribution >= 4 is 34.7 Å². The number of carbonyl (C=O) groups excluding carboxylic acids is 2. The maximum Gasteiger partial charge on any atom is 0.303 e. The number of fused-ring (bicyclic) bond motifs is 2. The summed E-state index contributed by atoms with van der Waals surface area (Å²) in [5.74, 6) is -1.47. The Balaban J connectivity index is 1.96. The SMILES string of the molecule is COc1ccccc1C1C2C(=O)CC(C)(C)CC2=Nc2ccccc2N1C(=O)CCC(=O)O. The largest absolute Gasteiger partial charge is 0.496 e. The predicted molar refractivity (Wildman–Crippen MR) is 125 cm³/mol. The molecular weight excluding hydrogens is 420 g/mol. The second-order valence-corrected chi connectivity index (χ2v) is 9.40. The van der Waals surface area contributed by atoms with E-state index in [1.165, 1.54) is 0 Å². The standard InChI is InChI=1S/C26H28N2O5/c1-26(2)14-18-24(20(29)15-26)25(16-8-4-7-11-21(16)33-3)28(22(30)12-13-23(31)32)19-10-6-5-9-17(19)27-18/h4-11,24-25H,12-15H2,1-3H3,(H,31,32). The molecule has 0 saturated heterocycles. The molecule has 2 unspecified atom stereocenters. The minimum atomic E-state index is -1.05. The molecule has 0 spiro atoms. The molecule has 0 radical (unpaired) electrons. The van der Waals surface area contributed by atoms with E-state index in [9.17, 15) is 19.5 Å². The minimum absolute atomic E-state index is 0.0183. The van der Waals surface area contributed by atoms with Crippen LogP contribution in [-0.2, 0) is 14.4 Å². The number of rotatable bonds is 5. The van der Waals surface area contributed by atoms with Gasteiger partial charge in [-0.15, -0.1) is 0 Å². The molecule has 33 heavy (non-hydrogen) atoms. The Labute approximate surface area is 193 Å². The van der Waals surface area contributed by atoms with Gasteiger partial charge < -0.3 is 14.7 Å². The lowest BCUT2D eigenvalue weighted by Gasteiger charge is -2.41. The van der Waals surface area contributed by atoms with Crippen molar-refractivity contribution in [2.24, 2.45) is 16.3 Å². The van der Waals surface area contributed by atoms with Crippen molar-refractivity contribution < 1.29 is 24.2 Å². The van der Waals surface area contributed by atoms with Crippen molar-refractivity contribution in [3.8, 4) is 5.75 Å². The van der Waals surface area contributed by atoms with Gasteiger partial charge >= 0.3 is 5.97 Å². The van der Waals surface area contributed by atoms with Crippen LogP contribution in [0.3, 0.4) is 0 Å². The number of amides is 1. The maximum absolute atomic E-state index is 13.6. The number of aliphatic imine (C=N–C) groups is 1. The van der Waals surface area contributed by atoms with Gasteiger partial charge in [-0.3, -0.25) is 19.4 Å². The number of carbonyl (C=O) groups is 3. The highest BCUT2D eigenvalue weighted by molar-refractivity contribution is 6.13. The second kappa shape index (κ2) is 8.81. The first-order valence-corrected chi connectivity index (χ1v) is 11.1. The molecule has 1 amide bonds. The van der Waals surface area contributed by atoms with Gasteiger partial charge in [0, 0.05) is 24.1 Å². The number of carboxylic acid groups (broad SMARTS) is 1. The zero-order chi connectivity index (χ0) is 23.8. The van der Waals surface area contributed by atoms with Crippen LogP contribution in [0.25, 0.3) is 0 Å². The molecule has 0 aromatic heterocycles. The monoisotopic (exact) mass is 448 g/mol. The molecule has 1 heterocycles. The number of aliphatic carboxylic acids is 1. The third-order valence-electron chi connectivity index (χ3n) is 6.30. The summed E-state index contributed by atoms with van der Waals surface area (Å²) in [5.41, 5.74) is 2.37. The molecule has 4 rings (SSSR count). The van der Waals surface area contributed by atoms with Gasteiger partial charge in [0.1, 0.15) is 11.5 Å². The summed E-state index contributed by atoms with van der Waals surface area (Å²) in [6.07, 6.45) is 0.517. The van der Waals surface area contributed by atoms with Crippen LogP contribution in [0.1, 0.15) is 51.1 Å². The molecule has 1 fully saturated rings. The number of carboxylic acids is 1. The van der Waals surface area contributed by atoms with Crippen LogP contribution in [0.2, 0.25) is 0 Å². The van der Waals surface area contributed by atoms with E-state index in [1.54, 1.807) is 24.1 Å². The number of Topliss-reactive ketones (excluding diaryl/α,β-unsaturated/α-hetero) is 1. The molecule has 2 aromatic rings. The van der Waals surface area contributed by atoms with E-state index in [4.69, 9.17) is 9.73 Å². The van der Waals surface area contributed by atoms with E-state index in [0.717, 1.165) is 5.71 Å². The fourth-order valence-electron chi connectivity index (χ4n) is 4.97. The van der Waals surface area contributed by atoms with Gasteiger partial charge in [-0.05, 0) is 30.0 Å². The molecule has 172 valence electrons. The molecule has 1 aliphatic carbocycles. The summed E-state index contributed by atoms with van der Waals surface area (Å²) in [6.45, 7) is 4.10. The van der Waals surface area contributed by atoms with E-state index in [1.807, 2.05) is 50.2 Å². The molecule has 2 aromatic carbocycles. The fourth-order valence-corrected chi connectivity index (χ4v) is 4.97. The Morgan fingerprint density at radius 2 is 1.79 bits per heavy atom. The summed E-state index contributed by atoms with van der Waals surface area (Å²) >= 11 is 0. The van der Waals surface area contributed by atoms with Crippen molar-refractivity contribution in [2.75, 3.05) is 12.0 Å². The van der Waals surface area contributed by atoms with Crippen LogP contribution in [0, 0.1) is 11.3 Å². The van der Waals surface area contributed by atoms with Crippen molar-refractivity contribution in [3.05, 3.63) is 54.1 Å². The average Bonchev–Trinajstić information content (AvgIpc) is 2.90. The number of anilines is 1. The molecule has 1 N–H and O–H groups in total. The highest BCUT2D eigenvalue weighted by Crippen LogP contribution is 2.49. The van der Waals surface area contributed by atoms with E-state index >= 15 is 0 Å². The third kappa shape index (κ3) is 4.40. The van der Waals surface area contributed by atoms with E-state index in [2.05, 4.69) is 0 Å². The smallest absolute Gasteiger partial charge is 0.303 e. The Bertz CT molecular complexity index is 1140. The highest BCUT2D eigenvalue weighted by atomic mass is 16.5. The summed E-state index contributed by atoms with van der Waals surface area (Å²) in [7, 11) is 1.56. The van der Waals surface area contributed by atoms with Crippen LogP contribution in [0.4, 0.5) is 11.4 Å². The molecular formula is C26H28N2O5. The first kappa shape index (κ1) is 22.7. The number of para-hydroxylation sites is 3. The highest BCUT2D eigenvalue weighted by Gasteiger charge is 2.48. The Morgan fingerprint density at radius 1 is 1.09 bits per heavy atom. The number of methoxy groups -OCH3 is 1. The first-order valence-electron chi connectivity index (χ1n) is 11.1. The van der Waals surface area contributed by atoms with E-state index < -0.39 is 17.9 Å². The second-order valence-electron chi connectivity index (χ2n) is 9.40. The Hall–Kier alpha value is -3.48. The quantitative estimate of drug-likeness (QED) is 0.714. The third-order valence-corrected chi connectivity index (χ3v) is 6.30. The molecule has 0 bridgehead atoms. The van der Waals surface area contributed by atoms with Crippen LogP contribution >= 0.6 is 0 Å². The van der Waals surface area contributed by atoms with Gasteiger partial charge in [0.15, 0.2) is 0 Å². The van der Waals surface area contributed by atoms with Crippen molar-refractivity contribution in [3.63, 3.8) is 0 Å². The van der Waals surface area contributed by atoms with Crippen LogP contribution < -0.4 is 9.64 Å². The maximum atomic E-state index is 13.6. The van der Waals surface area contributed by atoms with Crippen LogP contribution in [0.15, 0.2) is 53.5 Å². The topological polar surface area (TPSA) is 96.3 Å². The zero-order valence-corrected chi connectivity index (χ0v) is 19.1. The van der Waals surface area contributed by atoms with Crippen LogP contribution in [-0.4, -0.2) is 35.6 Å². The normalized spacial score (nSPS) is 21.4. The predicted octanol–water partition coefficient (Wildman–Crippen LogP) is 4.73. The van der Waals surface area contributed by atoms with Gasteiger partial charge in [0.25, 0.3) is 0 Å². The molecule has 7 nitrogen and oxygen atoms in total. The Kier molecular flexibility index (Phi) is 6.06. The summed E-state index contributed by atoms with van der Waals surface area (Å²) in [5, 5.41) is 9.20. The number of nitrogens with zero attached hydrogens (tertiary/aromatic N) is 2. The lowest BCUT2D eigenvalue weighted by atomic mass is 9.67. The van der Waals surface area contributed by atoms with E-state index in [0.29, 0.717) is 35.5 Å². The Morgan fingerprint density at radius 3 is 2.52 bits per heavy atom. The zero-order valence-electron chi connectivity index (χ0n) is 19.1.